The zero-order valence-electron chi connectivity index (χ0n) is 8.11. The van der Waals surface area contributed by atoms with E-state index in [0.29, 0.717) is 6.07 Å². The van der Waals surface area contributed by atoms with Crippen LogP contribution >= 0.6 is 12.6 Å². The molecule has 1 aromatic carbocycles. The molecule has 1 rings (SSSR count). The Hall–Kier alpha value is -0.895. The number of thiol groups is 1. The molecular formula is C7H6BF4O3S2-. The number of rotatable bonds is 4. The van der Waals surface area contributed by atoms with E-state index in [2.05, 4.69) is 16.8 Å². The van der Waals surface area contributed by atoms with Gasteiger partial charge in [-0.3, -0.25) is 0 Å². The fourth-order valence-electron chi connectivity index (χ4n) is 1.13. The third-order valence-corrected chi connectivity index (χ3v) is 2.50. The van der Waals surface area contributed by atoms with Gasteiger partial charge in [-0.1, -0.05) is 9.95 Å². The SMILES string of the molecule is O=S(=O)(F)Oc1cc(CS)cc([B-](F)(F)F)c1. The highest BCUT2D eigenvalue weighted by Gasteiger charge is 2.27. The highest BCUT2D eigenvalue weighted by molar-refractivity contribution is 7.81. The molecule has 0 amide bonds. The second kappa shape index (κ2) is 4.77. The summed E-state index contributed by atoms with van der Waals surface area (Å²) < 4.78 is 73.7. The molecule has 1 aromatic rings. The van der Waals surface area contributed by atoms with Crippen molar-refractivity contribution in [3.63, 3.8) is 0 Å². The van der Waals surface area contributed by atoms with E-state index >= 15 is 0 Å². The zero-order chi connectivity index (χ0) is 13.3. The van der Waals surface area contributed by atoms with Gasteiger partial charge >= 0.3 is 17.5 Å². The van der Waals surface area contributed by atoms with E-state index in [-0.39, 0.29) is 11.3 Å². The molecule has 0 aliphatic rings. The number of halogens is 4. The first-order chi connectivity index (χ1) is 7.62. The lowest BCUT2D eigenvalue weighted by Gasteiger charge is -2.16. The molecule has 0 aromatic heterocycles. The molecule has 0 aliphatic carbocycles. The van der Waals surface area contributed by atoms with Gasteiger partial charge < -0.3 is 17.1 Å². The van der Waals surface area contributed by atoms with Gasteiger partial charge in [-0.15, -0.1) is 5.46 Å². The zero-order valence-corrected chi connectivity index (χ0v) is 9.82. The molecule has 0 radical (unpaired) electrons. The molecule has 0 bridgehead atoms. The maximum Gasteiger partial charge on any atom is 0.509 e. The third kappa shape index (κ3) is 4.46. The minimum atomic E-state index is -5.35. The van der Waals surface area contributed by atoms with Crippen molar-refractivity contribution in [2.75, 3.05) is 0 Å². The summed E-state index contributed by atoms with van der Waals surface area (Å²) in [5.41, 5.74) is -1.00. The lowest BCUT2D eigenvalue weighted by atomic mass is 9.79. The second-order valence-corrected chi connectivity index (χ2v) is 4.39. The Balaban J connectivity index is 3.24. The monoisotopic (exact) mass is 289 g/mol. The molecule has 0 saturated heterocycles. The van der Waals surface area contributed by atoms with Gasteiger partial charge in [-0.25, -0.2) is 0 Å². The van der Waals surface area contributed by atoms with Gasteiger partial charge in [-0.05, 0) is 17.7 Å². The summed E-state index contributed by atoms with van der Waals surface area (Å²) in [6.07, 6.45) is 0. The van der Waals surface area contributed by atoms with Crippen LogP contribution in [0.5, 0.6) is 5.75 Å². The van der Waals surface area contributed by atoms with Crippen molar-refractivity contribution in [2.45, 2.75) is 5.75 Å². The second-order valence-electron chi connectivity index (χ2n) is 3.12. The van der Waals surface area contributed by atoms with Crippen molar-refractivity contribution in [3.05, 3.63) is 23.8 Å². The fraction of sp³-hybridized carbons (Fsp3) is 0.143. The van der Waals surface area contributed by atoms with Gasteiger partial charge in [0.2, 0.25) is 0 Å². The smallest absolute Gasteiger partial charge is 0.445 e. The standard InChI is InChI=1S/C7H6BF4O3S2/c9-8(10,11)6-1-5(4-16)2-7(3-6)15-17(12,13)14/h1-3,16H,4H2/q-1. The lowest BCUT2D eigenvalue weighted by molar-refractivity contribution is 0.439. The van der Waals surface area contributed by atoms with Crippen molar-refractivity contribution in [1.82, 2.24) is 0 Å². The van der Waals surface area contributed by atoms with Crippen LogP contribution in [0.4, 0.5) is 16.8 Å². The summed E-state index contributed by atoms with van der Waals surface area (Å²) in [6.45, 7) is -5.33. The Morgan fingerprint density at radius 3 is 2.24 bits per heavy atom. The molecule has 3 nitrogen and oxygen atoms in total. The maximum absolute atomic E-state index is 12.5. The van der Waals surface area contributed by atoms with Crippen molar-refractivity contribution < 1.29 is 29.4 Å². The van der Waals surface area contributed by atoms with Crippen LogP contribution < -0.4 is 9.65 Å². The van der Waals surface area contributed by atoms with E-state index in [0.717, 1.165) is 12.1 Å². The topological polar surface area (TPSA) is 43.4 Å². The van der Waals surface area contributed by atoms with Crippen LogP contribution in [0, 0.1) is 0 Å². The summed E-state index contributed by atoms with van der Waals surface area (Å²) in [5, 5.41) is 0. The first-order valence-electron chi connectivity index (χ1n) is 4.20. The molecule has 0 N–H and O–H groups in total. The molecule has 96 valence electrons. The molecule has 10 heteroatoms. The van der Waals surface area contributed by atoms with Gasteiger partial charge in [-0.2, -0.15) is 21.0 Å². The lowest BCUT2D eigenvalue weighted by Crippen LogP contribution is -2.34. The average Bonchev–Trinajstić information content (AvgIpc) is 2.13. The quantitative estimate of drug-likeness (QED) is 0.397. The number of benzene rings is 1. The van der Waals surface area contributed by atoms with E-state index in [1.807, 2.05) is 0 Å². The highest BCUT2D eigenvalue weighted by Crippen LogP contribution is 2.20. The minimum absolute atomic E-state index is 0.0668. The molecule has 0 spiro atoms. The van der Waals surface area contributed by atoms with Crippen molar-refractivity contribution >= 4 is 35.6 Å². The molecule has 0 atom stereocenters. The normalized spacial score (nSPS) is 12.5. The van der Waals surface area contributed by atoms with Crippen LogP contribution in [0.15, 0.2) is 18.2 Å². The minimum Gasteiger partial charge on any atom is -0.445 e. The molecule has 0 fully saturated rings. The van der Waals surface area contributed by atoms with E-state index in [9.17, 15) is 25.3 Å². The molecule has 17 heavy (non-hydrogen) atoms. The first kappa shape index (κ1) is 14.2. The number of hydrogen-bond acceptors (Lipinski definition) is 4. The van der Waals surface area contributed by atoms with Crippen LogP contribution in [-0.2, 0) is 16.3 Å². The van der Waals surface area contributed by atoms with Crippen LogP contribution in [0.1, 0.15) is 5.56 Å². The van der Waals surface area contributed by atoms with Crippen LogP contribution in [0.2, 0.25) is 0 Å². The molecule has 0 saturated carbocycles. The summed E-state index contributed by atoms with van der Waals surface area (Å²) in [4.78, 5) is 0. The Labute approximate surface area is 101 Å². The van der Waals surface area contributed by atoms with Crippen molar-refractivity contribution in [2.24, 2.45) is 0 Å². The Kier molecular flexibility index (Phi) is 3.97. The Morgan fingerprint density at radius 2 is 1.82 bits per heavy atom. The number of hydrogen-bond donors (Lipinski definition) is 1. The Morgan fingerprint density at radius 1 is 1.24 bits per heavy atom. The van der Waals surface area contributed by atoms with Crippen molar-refractivity contribution in [1.29, 1.82) is 0 Å². The van der Waals surface area contributed by atoms with Crippen molar-refractivity contribution in [3.8, 4) is 5.75 Å². The Bertz CT molecular complexity index is 514. The molecular weight excluding hydrogens is 283 g/mol. The van der Waals surface area contributed by atoms with Gasteiger partial charge in [0.05, 0.1) is 0 Å². The summed E-state index contributed by atoms with van der Waals surface area (Å²) >= 11 is 3.75. The van der Waals surface area contributed by atoms with E-state index in [1.54, 1.807) is 0 Å². The van der Waals surface area contributed by atoms with E-state index in [4.69, 9.17) is 0 Å². The van der Waals surface area contributed by atoms with Crippen LogP contribution in [-0.4, -0.2) is 15.4 Å². The molecule has 0 unspecified atom stereocenters. The predicted molar refractivity (Wildman–Crippen MR) is 58.5 cm³/mol. The van der Waals surface area contributed by atoms with E-state index in [1.165, 1.54) is 0 Å². The summed E-state index contributed by atoms with van der Waals surface area (Å²) in [6, 6.07) is 2.18. The predicted octanol–water partition coefficient (Wildman–Crippen LogP) is 1.76. The van der Waals surface area contributed by atoms with Gasteiger partial charge in [0.15, 0.2) is 0 Å². The summed E-state index contributed by atoms with van der Waals surface area (Å²) in [5.74, 6) is -0.795. The molecule has 0 heterocycles. The van der Waals surface area contributed by atoms with Crippen LogP contribution in [0.25, 0.3) is 0 Å². The van der Waals surface area contributed by atoms with Gasteiger partial charge in [0.1, 0.15) is 5.75 Å². The first-order valence-corrected chi connectivity index (χ1v) is 6.14. The van der Waals surface area contributed by atoms with E-state index < -0.39 is 28.7 Å². The molecule has 0 aliphatic heterocycles. The van der Waals surface area contributed by atoms with Gasteiger partial charge in [0.25, 0.3) is 0 Å². The van der Waals surface area contributed by atoms with Crippen LogP contribution in [0.3, 0.4) is 0 Å². The fourth-order valence-corrected chi connectivity index (χ4v) is 1.64. The largest absolute Gasteiger partial charge is 0.509 e. The third-order valence-electron chi connectivity index (χ3n) is 1.74. The maximum atomic E-state index is 12.5. The van der Waals surface area contributed by atoms with Gasteiger partial charge in [0, 0.05) is 5.75 Å². The summed E-state index contributed by atoms with van der Waals surface area (Å²) in [7, 11) is -5.35. The highest BCUT2D eigenvalue weighted by atomic mass is 32.3. The average molecular weight is 289 g/mol.